The molecule has 0 radical (unpaired) electrons. The van der Waals surface area contributed by atoms with Crippen molar-refractivity contribution in [3.63, 3.8) is 0 Å². The van der Waals surface area contributed by atoms with Crippen molar-refractivity contribution >= 4 is 0 Å². The maximum absolute atomic E-state index is 5.12. The number of methoxy groups -OCH3 is 1. The van der Waals surface area contributed by atoms with Gasteiger partial charge in [-0.25, -0.2) is 4.98 Å². The van der Waals surface area contributed by atoms with E-state index in [0.717, 1.165) is 17.8 Å². The lowest BCUT2D eigenvalue weighted by Crippen LogP contribution is -2.18. The standard InChI is InChI=1S/C13H19N5O/c1-4-18-16-9-12(17-18)8-15-10(2)11-5-6-14-13(7-11)19-3/h5-7,9-10,15H,4,8H2,1-3H3/t10-/m0/s1. The molecule has 6 heteroatoms. The first-order chi connectivity index (χ1) is 9.22. The zero-order valence-electron chi connectivity index (χ0n) is 11.5. The molecule has 0 aromatic carbocycles. The number of aromatic nitrogens is 4. The van der Waals surface area contributed by atoms with Crippen LogP contribution in [-0.2, 0) is 13.1 Å². The smallest absolute Gasteiger partial charge is 0.213 e. The maximum Gasteiger partial charge on any atom is 0.213 e. The number of hydrogen-bond donors (Lipinski definition) is 1. The van der Waals surface area contributed by atoms with Gasteiger partial charge in [-0.05, 0) is 25.5 Å². The Morgan fingerprint density at radius 1 is 1.47 bits per heavy atom. The number of rotatable bonds is 6. The lowest BCUT2D eigenvalue weighted by molar-refractivity contribution is 0.396. The summed E-state index contributed by atoms with van der Waals surface area (Å²) in [7, 11) is 1.62. The lowest BCUT2D eigenvalue weighted by Gasteiger charge is -2.13. The highest BCUT2D eigenvalue weighted by Gasteiger charge is 2.07. The molecule has 102 valence electrons. The van der Waals surface area contributed by atoms with Crippen LogP contribution in [-0.4, -0.2) is 27.1 Å². The van der Waals surface area contributed by atoms with Crippen LogP contribution in [0.3, 0.4) is 0 Å². The highest BCUT2D eigenvalue weighted by molar-refractivity contribution is 5.23. The third kappa shape index (κ3) is 3.51. The maximum atomic E-state index is 5.12. The summed E-state index contributed by atoms with van der Waals surface area (Å²) in [5.74, 6) is 0.628. The molecule has 0 unspecified atom stereocenters. The van der Waals surface area contributed by atoms with Crippen LogP contribution in [0.4, 0.5) is 0 Å². The van der Waals surface area contributed by atoms with Crippen molar-refractivity contribution in [2.24, 2.45) is 0 Å². The van der Waals surface area contributed by atoms with Crippen molar-refractivity contribution in [2.75, 3.05) is 7.11 Å². The van der Waals surface area contributed by atoms with Crippen molar-refractivity contribution in [3.05, 3.63) is 35.8 Å². The predicted octanol–water partition coefficient (Wildman–Crippen LogP) is 1.55. The molecule has 0 fully saturated rings. The van der Waals surface area contributed by atoms with E-state index in [2.05, 4.69) is 27.4 Å². The van der Waals surface area contributed by atoms with Crippen LogP contribution < -0.4 is 10.1 Å². The van der Waals surface area contributed by atoms with Gasteiger partial charge in [0.15, 0.2) is 0 Å². The summed E-state index contributed by atoms with van der Waals surface area (Å²) >= 11 is 0. The molecule has 2 heterocycles. The zero-order chi connectivity index (χ0) is 13.7. The minimum absolute atomic E-state index is 0.198. The molecular weight excluding hydrogens is 242 g/mol. The van der Waals surface area contributed by atoms with Gasteiger partial charge in [0.05, 0.1) is 25.5 Å². The SMILES string of the molecule is CCn1ncc(CN[C@@H](C)c2ccnc(OC)c2)n1. The first-order valence-electron chi connectivity index (χ1n) is 6.35. The molecule has 1 N–H and O–H groups in total. The summed E-state index contributed by atoms with van der Waals surface area (Å²) in [6, 6.07) is 4.10. The van der Waals surface area contributed by atoms with E-state index >= 15 is 0 Å². The summed E-state index contributed by atoms with van der Waals surface area (Å²) < 4.78 is 5.12. The van der Waals surface area contributed by atoms with Crippen molar-refractivity contribution in [1.29, 1.82) is 0 Å². The van der Waals surface area contributed by atoms with Gasteiger partial charge in [0, 0.05) is 24.8 Å². The highest BCUT2D eigenvalue weighted by atomic mass is 16.5. The van der Waals surface area contributed by atoms with Crippen LogP contribution in [0.2, 0.25) is 0 Å². The van der Waals surface area contributed by atoms with Crippen LogP contribution in [0, 0.1) is 0 Å². The topological polar surface area (TPSA) is 64.9 Å². The largest absolute Gasteiger partial charge is 0.481 e. The Balaban J connectivity index is 1.94. The summed E-state index contributed by atoms with van der Waals surface area (Å²) in [4.78, 5) is 5.78. The van der Waals surface area contributed by atoms with Gasteiger partial charge < -0.3 is 10.1 Å². The molecule has 0 aliphatic carbocycles. The summed E-state index contributed by atoms with van der Waals surface area (Å²) in [5, 5.41) is 11.9. The van der Waals surface area contributed by atoms with Crippen molar-refractivity contribution in [2.45, 2.75) is 33.0 Å². The van der Waals surface area contributed by atoms with Gasteiger partial charge in [-0.2, -0.15) is 15.0 Å². The Kier molecular flexibility index (Phi) is 4.46. The Morgan fingerprint density at radius 2 is 2.32 bits per heavy atom. The van der Waals surface area contributed by atoms with Gasteiger partial charge in [0.1, 0.15) is 0 Å². The number of nitrogens with one attached hydrogen (secondary N) is 1. The van der Waals surface area contributed by atoms with E-state index in [-0.39, 0.29) is 6.04 Å². The van der Waals surface area contributed by atoms with E-state index in [0.29, 0.717) is 12.4 Å². The number of nitrogens with zero attached hydrogens (tertiary/aromatic N) is 4. The Morgan fingerprint density at radius 3 is 3.00 bits per heavy atom. The number of pyridine rings is 1. The average Bonchev–Trinajstić information content (AvgIpc) is 2.93. The second kappa shape index (κ2) is 6.29. The molecule has 2 aromatic heterocycles. The first kappa shape index (κ1) is 13.5. The van der Waals surface area contributed by atoms with Crippen LogP contribution in [0.1, 0.15) is 31.1 Å². The molecule has 0 amide bonds. The Labute approximate surface area is 112 Å². The van der Waals surface area contributed by atoms with Crippen LogP contribution in [0.15, 0.2) is 24.5 Å². The van der Waals surface area contributed by atoms with Gasteiger partial charge in [0.25, 0.3) is 0 Å². The van der Waals surface area contributed by atoms with Crippen molar-refractivity contribution < 1.29 is 4.74 Å². The monoisotopic (exact) mass is 261 g/mol. The average molecular weight is 261 g/mol. The Bertz CT molecular complexity index is 525. The zero-order valence-corrected chi connectivity index (χ0v) is 11.5. The fourth-order valence-corrected chi connectivity index (χ4v) is 1.75. The molecule has 2 rings (SSSR count). The van der Waals surface area contributed by atoms with Gasteiger partial charge in [-0.15, -0.1) is 0 Å². The lowest BCUT2D eigenvalue weighted by atomic mass is 10.1. The molecule has 0 aliphatic rings. The molecule has 19 heavy (non-hydrogen) atoms. The fraction of sp³-hybridized carbons (Fsp3) is 0.462. The van der Waals surface area contributed by atoms with Gasteiger partial charge in [-0.3, -0.25) is 0 Å². The van der Waals surface area contributed by atoms with E-state index in [9.17, 15) is 0 Å². The predicted molar refractivity (Wildman–Crippen MR) is 71.7 cm³/mol. The molecule has 0 spiro atoms. The summed E-state index contributed by atoms with van der Waals surface area (Å²) in [6.07, 6.45) is 3.54. The van der Waals surface area contributed by atoms with Crippen LogP contribution in [0.25, 0.3) is 0 Å². The molecule has 2 aromatic rings. The molecule has 0 saturated heterocycles. The van der Waals surface area contributed by atoms with E-state index < -0.39 is 0 Å². The number of aryl methyl sites for hydroxylation is 1. The summed E-state index contributed by atoms with van der Waals surface area (Å²) in [6.45, 7) is 5.59. The van der Waals surface area contributed by atoms with E-state index in [1.165, 1.54) is 0 Å². The van der Waals surface area contributed by atoms with Gasteiger partial charge in [0.2, 0.25) is 5.88 Å². The number of ether oxygens (including phenoxy) is 1. The minimum atomic E-state index is 0.198. The quantitative estimate of drug-likeness (QED) is 0.854. The summed E-state index contributed by atoms with van der Waals surface area (Å²) in [5.41, 5.74) is 2.07. The minimum Gasteiger partial charge on any atom is -0.481 e. The fourth-order valence-electron chi connectivity index (χ4n) is 1.75. The molecule has 6 nitrogen and oxygen atoms in total. The molecule has 0 saturated carbocycles. The van der Waals surface area contributed by atoms with Crippen LogP contribution >= 0.6 is 0 Å². The third-order valence-electron chi connectivity index (χ3n) is 2.92. The normalized spacial score (nSPS) is 12.4. The van der Waals surface area contributed by atoms with Gasteiger partial charge >= 0.3 is 0 Å². The second-order valence-electron chi connectivity index (χ2n) is 4.26. The van der Waals surface area contributed by atoms with Crippen molar-refractivity contribution in [1.82, 2.24) is 25.3 Å². The Hall–Kier alpha value is -1.95. The van der Waals surface area contributed by atoms with E-state index in [4.69, 9.17) is 4.74 Å². The van der Waals surface area contributed by atoms with E-state index in [1.807, 2.05) is 19.1 Å². The second-order valence-corrected chi connectivity index (χ2v) is 4.26. The molecular formula is C13H19N5O. The molecule has 1 atom stereocenters. The number of hydrogen-bond acceptors (Lipinski definition) is 5. The third-order valence-corrected chi connectivity index (χ3v) is 2.92. The highest BCUT2D eigenvalue weighted by Crippen LogP contribution is 2.16. The van der Waals surface area contributed by atoms with Crippen molar-refractivity contribution in [3.8, 4) is 5.88 Å². The molecule has 0 aliphatic heterocycles. The first-order valence-corrected chi connectivity index (χ1v) is 6.35. The van der Waals surface area contributed by atoms with Crippen LogP contribution in [0.5, 0.6) is 5.88 Å². The van der Waals surface area contributed by atoms with E-state index in [1.54, 1.807) is 24.3 Å². The molecule has 0 bridgehead atoms. The van der Waals surface area contributed by atoms with Gasteiger partial charge in [-0.1, -0.05) is 0 Å².